The molecule has 3 aromatic carbocycles. The number of hydrogen-bond donors (Lipinski definition) is 1. The maximum absolute atomic E-state index is 12.2. The Morgan fingerprint density at radius 2 is 1.00 bits per heavy atom. The fourth-order valence-corrected chi connectivity index (χ4v) is 9.84. The van der Waals surface area contributed by atoms with Gasteiger partial charge in [-0.2, -0.15) is 38.8 Å². The smallest absolute Gasteiger partial charge is 0.392 e. The molecule has 0 radical (unpaired) electrons. The van der Waals surface area contributed by atoms with Crippen LogP contribution in [0.3, 0.4) is 0 Å². The van der Waals surface area contributed by atoms with Crippen LogP contribution in [0.2, 0.25) is 0 Å². The molecule has 1 N–H and O–H groups in total. The predicted octanol–water partition coefficient (Wildman–Crippen LogP) is 13.6. The summed E-state index contributed by atoms with van der Waals surface area (Å²) in [5.74, 6) is 0.990. The summed E-state index contributed by atoms with van der Waals surface area (Å²) in [6.45, 7) is 19.9. The van der Waals surface area contributed by atoms with Crippen molar-refractivity contribution in [2.24, 2.45) is 56.4 Å². The van der Waals surface area contributed by atoms with Crippen LogP contribution < -0.4 is 0 Å². The second-order valence-electron chi connectivity index (χ2n) is 21.6. The molecule has 0 saturated carbocycles. The van der Waals surface area contributed by atoms with Gasteiger partial charge in [0.2, 0.25) is 6.33 Å². The highest BCUT2D eigenvalue weighted by atomic mass is 79.9. The highest BCUT2D eigenvalue weighted by molar-refractivity contribution is 9.13. The summed E-state index contributed by atoms with van der Waals surface area (Å²) in [6, 6.07) is 32.8. The van der Waals surface area contributed by atoms with Crippen molar-refractivity contribution in [3.8, 4) is 39.8 Å². The van der Waals surface area contributed by atoms with Gasteiger partial charge < -0.3 is 43.0 Å². The average Bonchev–Trinajstić information content (AvgIpc) is 1.69. The molecule has 11 rings (SSSR count). The Kier molecular flexibility index (Phi) is 30.1. The first-order valence-corrected chi connectivity index (χ1v) is 31.0. The molecule has 8 aromatic heterocycles. The zero-order chi connectivity index (χ0) is 71.2. The van der Waals surface area contributed by atoms with E-state index in [1.54, 1.807) is 39.1 Å². The molecule has 0 amide bonds. The van der Waals surface area contributed by atoms with Gasteiger partial charge in [0.1, 0.15) is 22.2 Å². The number of aliphatic hydroxyl groups excluding tert-OH is 1. The van der Waals surface area contributed by atoms with Crippen LogP contribution in [0.5, 0.6) is 0 Å². The number of aryl methyl sites for hydroxylation is 10. The molecule has 0 unspecified atom stereocenters. The fourth-order valence-electron chi connectivity index (χ4n) is 8.98. The topological polar surface area (TPSA) is 248 Å². The minimum absolute atomic E-state index is 0.0671. The van der Waals surface area contributed by atoms with Crippen molar-refractivity contribution >= 4 is 37.7 Å². The number of benzene rings is 3. The maximum atomic E-state index is 12.2. The quantitative estimate of drug-likeness (QED) is 0.104. The summed E-state index contributed by atoms with van der Waals surface area (Å²) in [4.78, 5) is 25.9. The van der Waals surface area contributed by atoms with Gasteiger partial charge >= 0.3 is 12.0 Å². The van der Waals surface area contributed by atoms with Crippen molar-refractivity contribution in [3.63, 3.8) is 0 Å². The summed E-state index contributed by atoms with van der Waals surface area (Å²) in [5, 5.41) is 43.5. The molecular formula is C67H85Br2F3N18O5. The van der Waals surface area contributed by atoms with Crippen molar-refractivity contribution in [3.05, 3.63) is 214 Å². The van der Waals surface area contributed by atoms with Gasteiger partial charge in [0, 0.05) is 127 Å². The maximum Gasteiger partial charge on any atom is 0.435 e. The normalized spacial score (nSPS) is 10.5. The van der Waals surface area contributed by atoms with Gasteiger partial charge in [-0.25, -0.2) is 15.0 Å². The molecule has 0 aliphatic carbocycles. The lowest BCUT2D eigenvalue weighted by Crippen LogP contribution is -2.09. The average molecular weight is 1440 g/mol. The van der Waals surface area contributed by atoms with E-state index in [9.17, 15) is 23.3 Å². The summed E-state index contributed by atoms with van der Waals surface area (Å²) < 4.78 is 63.2. The largest absolute Gasteiger partial charge is 0.435 e. The van der Waals surface area contributed by atoms with Crippen LogP contribution in [0.1, 0.15) is 85.1 Å². The van der Waals surface area contributed by atoms with Gasteiger partial charge in [-0.1, -0.05) is 91.0 Å². The number of imidazole rings is 4. The SMILES string of the molecule is COCc1c(-c2ccccc2)nn(C)c1C.COCc1c(C)nn(C)c1C.Cc1c(Br)c(Br)nn1C.Cc1c(C#N)ncn1C.Cc1c(CO)c(C(F)(F)F)nn1C.Cc1c([N+](=O)[O-])ncn1C.Cc1nc(-c2ccccc2)c(C)n1C.Cc1ncn(C)c1-c1ccccc1. The first-order valence-electron chi connectivity index (χ1n) is 29.5. The molecule has 0 aliphatic heterocycles. The number of nitriles is 1. The molecule has 0 fully saturated rings. The summed E-state index contributed by atoms with van der Waals surface area (Å²) in [7, 11) is 18.3. The second kappa shape index (κ2) is 36.5. The molecule has 11 aromatic rings. The Bertz CT molecular complexity index is 4220. The van der Waals surface area contributed by atoms with E-state index in [2.05, 4.69) is 127 Å². The molecule has 508 valence electrons. The Hall–Kier alpha value is -9.14. The molecule has 0 bridgehead atoms. The third kappa shape index (κ3) is 21.2. The predicted molar refractivity (Wildman–Crippen MR) is 368 cm³/mol. The molecule has 0 saturated heterocycles. The van der Waals surface area contributed by atoms with E-state index in [1.165, 1.54) is 54.1 Å². The fraction of sp³-hybridized carbons (Fsp3) is 0.358. The van der Waals surface area contributed by atoms with Crippen LogP contribution >= 0.6 is 31.9 Å². The van der Waals surface area contributed by atoms with Crippen LogP contribution in [0.25, 0.3) is 33.8 Å². The second-order valence-corrected chi connectivity index (χ2v) is 23.2. The van der Waals surface area contributed by atoms with Crippen molar-refractivity contribution in [2.45, 2.75) is 95.2 Å². The van der Waals surface area contributed by atoms with Crippen molar-refractivity contribution in [1.82, 2.24) is 77.3 Å². The van der Waals surface area contributed by atoms with Crippen LogP contribution in [0.4, 0.5) is 19.0 Å². The van der Waals surface area contributed by atoms with Crippen molar-refractivity contribution < 1.29 is 32.7 Å². The lowest BCUT2D eigenvalue weighted by molar-refractivity contribution is -0.389. The lowest BCUT2D eigenvalue weighted by Gasteiger charge is -2.03. The van der Waals surface area contributed by atoms with Crippen LogP contribution in [-0.4, -0.2) is 102 Å². The molecule has 23 nitrogen and oxygen atoms in total. The molecule has 8 heterocycles. The van der Waals surface area contributed by atoms with Gasteiger partial charge in [-0.05, 0) is 111 Å². The Morgan fingerprint density at radius 3 is 1.34 bits per heavy atom. The minimum atomic E-state index is -4.50. The number of rotatable bonds is 9. The van der Waals surface area contributed by atoms with E-state index in [4.69, 9.17) is 19.8 Å². The number of ether oxygens (including phenoxy) is 2. The van der Waals surface area contributed by atoms with Gasteiger partial charge in [0.05, 0.1) is 76.8 Å². The molecule has 0 atom stereocenters. The van der Waals surface area contributed by atoms with Gasteiger partial charge in [0.15, 0.2) is 11.4 Å². The third-order valence-corrected chi connectivity index (χ3v) is 17.4. The first kappa shape index (κ1) is 78.3. The molecule has 0 spiro atoms. The van der Waals surface area contributed by atoms with E-state index < -0.39 is 23.4 Å². The zero-order valence-electron chi connectivity index (χ0n) is 57.5. The van der Waals surface area contributed by atoms with E-state index in [0.29, 0.717) is 30.3 Å². The monoisotopic (exact) mass is 1440 g/mol. The number of aromatic nitrogens is 16. The highest BCUT2D eigenvalue weighted by Crippen LogP contribution is 2.32. The summed E-state index contributed by atoms with van der Waals surface area (Å²) >= 11 is 6.66. The lowest BCUT2D eigenvalue weighted by atomic mass is 10.1. The Balaban J connectivity index is 0.000000233. The number of nitro groups is 1. The summed E-state index contributed by atoms with van der Waals surface area (Å²) in [6.07, 6.45) is 0.406. The zero-order valence-corrected chi connectivity index (χ0v) is 60.7. The first-order chi connectivity index (χ1) is 44.8. The van der Waals surface area contributed by atoms with Crippen LogP contribution in [0, 0.1) is 90.7 Å². The van der Waals surface area contributed by atoms with Crippen molar-refractivity contribution in [1.29, 1.82) is 5.26 Å². The van der Waals surface area contributed by atoms with E-state index >= 15 is 0 Å². The standard InChI is InChI=1S/C13H16N2O.C12H14N2.C11H12N2.C8H14N2O.C7H9F3N2O.C6H7N3.C5H6Br2N2.C5H7N3O2/c1-10-12(9-16-3)13(14-15(10)2)11-7-5-4-6-8-11;1-9-12(13-10(2)14(9)3)11-7-5-4-6-8-11;1-9-11(13(2)8-12-9)10-6-4-3-5-7-10;1-6-8(5-11-4)7(2)10(3)9-6;1-4-5(3-13)6(7(8,9)10)11-12(4)2;1-5-6(3-7)8-4-9(5)2;1-3-4(6)5(7)8-9(3)2;1-4-5(8(9)10)6-3-7(4)2/h4-8H,9H2,1-3H3;4-8H,1-3H3;3-8H,1-2H3;5H2,1-4H3;13H,3H2,1-2H3;4H,1-2H3;1-2H3;3H,1-2H3. The summed E-state index contributed by atoms with van der Waals surface area (Å²) in [5.41, 5.74) is 17.2. The Morgan fingerprint density at radius 1 is 0.547 bits per heavy atom. The van der Waals surface area contributed by atoms with Crippen LogP contribution in [0.15, 0.2) is 119 Å². The Labute approximate surface area is 569 Å². The number of hydrogen-bond acceptors (Lipinski definition) is 14. The van der Waals surface area contributed by atoms with Crippen molar-refractivity contribution in [2.75, 3.05) is 14.2 Å². The molecule has 0 aliphatic rings. The van der Waals surface area contributed by atoms with E-state index in [1.807, 2.05) is 174 Å². The van der Waals surface area contributed by atoms with Crippen LogP contribution in [-0.2, 0) is 91.9 Å². The highest BCUT2D eigenvalue weighted by Gasteiger charge is 2.37. The number of halogens is 5. The molecule has 28 heteroatoms. The number of alkyl halides is 3. The van der Waals surface area contributed by atoms with E-state index in [0.717, 1.165) is 70.6 Å². The number of aliphatic hydroxyl groups is 1. The van der Waals surface area contributed by atoms with Gasteiger partial charge in [-0.15, -0.1) is 0 Å². The molecular weight excluding hydrogens is 1350 g/mol. The minimum Gasteiger partial charge on any atom is -0.392 e. The van der Waals surface area contributed by atoms with E-state index in [-0.39, 0.29) is 11.4 Å². The number of methoxy groups -OCH3 is 2. The third-order valence-electron chi connectivity index (χ3n) is 15.4. The molecule has 95 heavy (non-hydrogen) atoms. The van der Waals surface area contributed by atoms with Gasteiger partial charge in [-0.3, -0.25) is 18.7 Å². The number of nitrogens with zero attached hydrogens (tertiary/aromatic N) is 18. The van der Waals surface area contributed by atoms with Gasteiger partial charge in [0.25, 0.3) is 0 Å².